The minimum Gasteiger partial charge on any atom is -0.299 e. The number of hydrogen-bond donors (Lipinski definition) is 0. The van der Waals surface area contributed by atoms with Crippen LogP contribution in [-0.2, 0) is 11.2 Å². The van der Waals surface area contributed by atoms with E-state index in [9.17, 15) is 4.79 Å². The topological polar surface area (TPSA) is 17.1 Å². The summed E-state index contributed by atoms with van der Waals surface area (Å²) in [7, 11) is 0. The standard InChI is InChI=1S/C10H10BrClO/c11-7-10(13)6-3-8-1-4-9(12)5-2-8/h1-2,4-5H,3,6-7H2. The van der Waals surface area contributed by atoms with Gasteiger partial charge in [0.05, 0.1) is 5.33 Å². The van der Waals surface area contributed by atoms with Crippen molar-refractivity contribution in [2.75, 3.05) is 5.33 Å². The molecule has 0 heterocycles. The first kappa shape index (κ1) is 10.7. The Labute approximate surface area is 91.2 Å². The molecule has 3 heteroatoms. The summed E-state index contributed by atoms with van der Waals surface area (Å²) < 4.78 is 0. The van der Waals surface area contributed by atoms with Gasteiger partial charge in [0.1, 0.15) is 5.78 Å². The Morgan fingerprint density at radius 3 is 2.46 bits per heavy atom. The minimum absolute atomic E-state index is 0.231. The van der Waals surface area contributed by atoms with Gasteiger partial charge in [-0.1, -0.05) is 39.7 Å². The van der Waals surface area contributed by atoms with Crippen LogP contribution in [0, 0.1) is 0 Å². The molecule has 0 atom stereocenters. The monoisotopic (exact) mass is 260 g/mol. The second-order valence-corrected chi connectivity index (χ2v) is 3.80. The molecule has 0 amide bonds. The lowest BCUT2D eigenvalue weighted by molar-refractivity contribution is -0.116. The van der Waals surface area contributed by atoms with Gasteiger partial charge < -0.3 is 0 Å². The van der Waals surface area contributed by atoms with E-state index < -0.39 is 0 Å². The van der Waals surface area contributed by atoms with Crippen LogP contribution in [0.3, 0.4) is 0 Å². The van der Waals surface area contributed by atoms with Crippen molar-refractivity contribution in [2.24, 2.45) is 0 Å². The van der Waals surface area contributed by atoms with Gasteiger partial charge in [-0.2, -0.15) is 0 Å². The van der Waals surface area contributed by atoms with Crippen molar-refractivity contribution in [2.45, 2.75) is 12.8 Å². The quantitative estimate of drug-likeness (QED) is 0.761. The first-order valence-electron chi connectivity index (χ1n) is 4.04. The molecule has 0 aliphatic heterocycles. The Bertz CT molecular complexity index is 281. The number of aryl methyl sites for hydroxylation is 1. The Kier molecular flexibility index (Phi) is 4.46. The largest absolute Gasteiger partial charge is 0.299 e. The molecule has 1 rings (SSSR count). The molecule has 0 saturated carbocycles. The van der Waals surface area contributed by atoms with Crippen LogP contribution in [0.4, 0.5) is 0 Å². The molecule has 0 aliphatic rings. The number of rotatable bonds is 4. The van der Waals surface area contributed by atoms with E-state index in [-0.39, 0.29) is 5.78 Å². The summed E-state index contributed by atoms with van der Waals surface area (Å²) in [4.78, 5) is 11.0. The molecular weight excluding hydrogens is 251 g/mol. The van der Waals surface area contributed by atoms with Crippen LogP contribution in [0.2, 0.25) is 5.02 Å². The molecule has 0 N–H and O–H groups in total. The van der Waals surface area contributed by atoms with Crippen molar-refractivity contribution in [3.63, 3.8) is 0 Å². The number of ketones is 1. The average molecular weight is 262 g/mol. The van der Waals surface area contributed by atoms with Crippen molar-refractivity contribution in [1.82, 2.24) is 0 Å². The molecule has 0 radical (unpaired) electrons. The maximum absolute atomic E-state index is 11.0. The third-order valence-electron chi connectivity index (χ3n) is 1.75. The van der Waals surface area contributed by atoms with Gasteiger partial charge >= 0.3 is 0 Å². The second-order valence-electron chi connectivity index (χ2n) is 2.80. The van der Waals surface area contributed by atoms with Crippen LogP contribution >= 0.6 is 27.5 Å². The fraction of sp³-hybridized carbons (Fsp3) is 0.300. The van der Waals surface area contributed by atoms with E-state index in [0.29, 0.717) is 11.8 Å². The number of Topliss-reactive ketones (excluding diaryl/α,β-unsaturated/α-hetero) is 1. The average Bonchev–Trinajstić information content (AvgIpc) is 2.16. The lowest BCUT2D eigenvalue weighted by Crippen LogP contribution is -2.00. The van der Waals surface area contributed by atoms with Gasteiger partial charge in [-0.25, -0.2) is 0 Å². The highest BCUT2D eigenvalue weighted by molar-refractivity contribution is 9.09. The summed E-state index contributed by atoms with van der Waals surface area (Å²) >= 11 is 8.86. The van der Waals surface area contributed by atoms with E-state index in [1.54, 1.807) is 0 Å². The van der Waals surface area contributed by atoms with E-state index in [1.807, 2.05) is 24.3 Å². The summed E-state index contributed by atoms with van der Waals surface area (Å²) in [6.45, 7) is 0. The molecule has 0 aromatic heterocycles. The summed E-state index contributed by atoms with van der Waals surface area (Å²) in [6.07, 6.45) is 1.38. The van der Waals surface area contributed by atoms with Gasteiger partial charge in [0, 0.05) is 11.4 Å². The normalized spacial score (nSPS) is 10.0. The molecular formula is C10H10BrClO. The third-order valence-corrected chi connectivity index (χ3v) is 2.63. The molecule has 0 spiro atoms. The summed E-state index contributed by atoms with van der Waals surface area (Å²) in [6, 6.07) is 7.58. The van der Waals surface area contributed by atoms with Gasteiger partial charge in [-0.15, -0.1) is 0 Å². The second kappa shape index (κ2) is 5.40. The van der Waals surface area contributed by atoms with Crippen LogP contribution in [0.15, 0.2) is 24.3 Å². The van der Waals surface area contributed by atoms with E-state index in [1.165, 1.54) is 0 Å². The first-order valence-corrected chi connectivity index (χ1v) is 5.54. The molecule has 0 bridgehead atoms. The molecule has 0 unspecified atom stereocenters. The molecule has 70 valence electrons. The Morgan fingerprint density at radius 1 is 1.31 bits per heavy atom. The molecule has 13 heavy (non-hydrogen) atoms. The van der Waals surface area contributed by atoms with E-state index in [2.05, 4.69) is 15.9 Å². The summed E-state index contributed by atoms with van der Waals surface area (Å²) in [5, 5.41) is 1.18. The highest BCUT2D eigenvalue weighted by atomic mass is 79.9. The van der Waals surface area contributed by atoms with Gasteiger partial charge in [0.15, 0.2) is 0 Å². The molecule has 0 saturated heterocycles. The van der Waals surface area contributed by atoms with Gasteiger partial charge in [-0.3, -0.25) is 4.79 Å². The Hall–Kier alpha value is -0.340. The number of carbonyl (C=O) groups excluding carboxylic acids is 1. The minimum atomic E-state index is 0.231. The van der Waals surface area contributed by atoms with Crippen LogP contribution < -0.4 is 0 Å². The number of halogens is 2. The number of benzene rings is 1. The Morgan fingerprint density at radius 2 is 1.92 bits per heavy atom. The number of carbonyl (C=O) groups is 1. The molecule has 0 aliphatic carbocycles. The predicted molar refractivity (Wildman–Crippen MR) is 58.6 cm³/mol. The highest BCUT2D eigenvalue weighted by Crippen LogP contribution is 2.11. The summed E-state index contributed by atoms with van der Waals surface area (Å²) in [5.74, 6) is 0.231. The van der Waals surface area contributed by atoms with E-state index in [0.717, 1.165) is 17.0 Å². The van der Waals surface area contributed by atoms with Crippen LogP contribution in [0.1, 0.15) is 12.0 Å². The van der Waals surface area contributed by atoms with Gasteiger partial charge in [0.25, 0.3) is 0 Å². The molecule has 0 fully saturated rings. The maximum atomic E-state index is 11.0. The van der Waals surface area contributed by atoms with Crippen molar-refractivity contribution in [3.05, 3.63) is 34.9 Å². The fourth-order valence-electron chi connectivity index (χ4n) is 1.00. The van der Waals surface area contributed by atoms with Crippen molar-refractivity contribution in [3.8, 4) is 0 Å². The van der Waals surface area contributed by atoms with Crippen molar-refractivity contribution in [1.29, 1.82) is 0 Å². The maximum Gasteiger partial charge on any atom is 0.143 e. The van der Waals surface area contributed by atoms with E-state index in [4.69, 9.17) is 11.6 Å². The third kappa shape index (κ3) is 3.92. The Balaban J connectivity index is 2.46. The highest BCUT2D eigenvalue weighted by Gasteiger charge is 1.99. The lowest BCUT2D eigenvalue weighted by Gasteiger charge is -1.99. The number of alkyl halides is 1. The van der Waals surface area contributed by atoms with Gasteiger partial charge in [0.2, 0.25) is 0 Å². The SMILES string of the molecule is O=C(CBr)CCc1ccc(Cl)cc1. The fourth-order valence-corrected chi connectivity index (χ4v) is 1.41. The zero-order chi connectivity index (χ0) is 9.68. The number of hydrogen-bond acceptors (Lipinski definition) is 1. The smallest absolute Gasteiger partial charge is 0.143 e. The lowest BCUT2D eigenvalue weighted by atomic mass is 10.1. The van der Waals surface area contributed by atoms with Gasteiger partial charge in [-0.05, 0) is 24.1 Å². The molecule has 1 nitrogen and oxygen atoms in total. The molecule has 1 aromatic rings. The van der Waals surface area contributed by atoms with E-state index >= 15 is 0 Å². The summed E-state index contributed by atoms with van der Waals surface area (Å²) in [5.41, 5.74) is 1.15. The predicted octanol–water partition coefficient (Wildman–Crippen LogP) is 3.24. The van der Waals surface area contributed by atoms with Crippen LogP contribution in [-0.4, -0.2) is 11.1 Å². The zero-order valence-electron chi connectivity index (χ0n) is 7.09. The van der Waals surface area contributed by atoms with Crippen molar-refractivity contribution >= 4 is 33.3 Å². The zero-order valence-corrected chi connectivity index (χ0v) is 9.44. The van der Waals surface area contributed by atoms with Crippen molar-refractivity contribution < 1.29 is 4.79 Å². The first-order chi connectivity index (χ1) is 6.22. The van der Waals surface area contributed by atoms with Crippen LogP contribution in [0.25, 0.3) is 0 Å². The van der Waals surface area contributed by atoms with Crippen LogP contribution in [0.5, 0.6) is 0 Å². The molecule has 1 aromatic carbocycles.